The number of hydrogen-bond acceptors (Lipinski definition) is 4. The number of aryl methyl sites for hydroxylation is 1. The van der Waals surface area contributed by atoms with E-state index in [2.05, 4.69) is 41.4 Å². The molecule has 0 bridgehead atoms. The lowest BCUT2D eigenvalue weighted by Gasteiger charge is -2.09. The third kappa shape index (κ3) is 4.51. The van der Waals surface area contributed by atoms with Gasteiger partial charge in [-0.1, -0.05) is 31.2 Å². The number of imidazole rings is 1. The van der Waals surface area contributed by atoms with E-state index in [-0.39, 0.29) is 5.91 Å². The highest BCUT2D eigenvalue weighted by Gasteiger charge is 2.12. The van der Waals surface area contributed by atoms with E-state index in [0.717, 1.165) is 41.3 Å². The molecule has 0 saturated heterocycles. The van der Waals surface area contributed by atoms with Gasteiger partial charge in [0.15, 0.2) is 4.96 Å². The van der Waals surface area contributed by atoms with Gasteiger partial charge in [-0.05, 0) is 39.0 Å². The molecule has 0 aliphatic carbocycles. The van der Waals surface area contributed by atoms with Crippen LogP contribution in [0.15, 0.2) is 35.8 Å². The first-order valence-corrected chi connectivity index (χ1v) is 9.91. The number of fused-ring (bicyclic) bond motifs is 1. The predicted octanol–water partition coefficient (Wildman–Crippen LogP) is 3.24. The lowest BCUT2D eigenvalue weighted by Crippen LogP contribution is -2.28. The molecule has 0 aliphatic heterocycles. The second kappa shape index (κ2) is 8.47. The zero-order valence-corrected chi connectivity index (χ0v) is 16.5. The zero-order valence-electron chi connectivity index (χ0n) is 15.7. The number of aromatic nitrogens is 2. The Bertz CT molecular complexity index is 864. The Morgan fingerprint density at radius 2 is 2.04 bits per heavy atom. The molecule has 2 aromatic heterocycles. The summed E-state index contributed by atoms with van der Waals surface area (Å²) in [6.45, 7) is 3.84. The van der Waals surface area contributed by atoms with Crippen LogP contribution in [0.3, 0.4) is 0 Å². The van der Waals surface area contributed by atoms with Crippen LogP contribution in [0, 0.1) is 0 Å². The highest BCUT2D eigenvalue weighted by atomic mass is 32.1. The van der Waals surface area contributed by atoms with E-state index in [1.807, 2.05) is 30.1 Å². The second-order valence-corrected chi connectivity index (χ2v) is 7.58. The standard InChI is InChI=1S/C20H26N4OS/c1-4-15-6-8-16(9-7-15)18-13-24-17(14-26-20(24)22-18)12-19(25)21-10-5-11-23(2)3/h6-9,13-14H,4-5,10-12H2,1-3H3,(H,21,25). The summed E-state index contributed by atoms with van der Waals surface area (Å²) in [7, 11) is 4.08. The van der Waals surface area contributed by atoms with Crippen molar-refractivity contribution in [3.63, 3.8) is 0 Å². The monoisotopic (exact) mass is 370 g/mol. The third-order valence-corrected chi connectivity index (χ3v) is 5.28. The van der Waals surface area contributed by atoms with Gasteiger partial charge in [-0.25, -0.2) is 4.98 Å². The van der Waals surface area contributed by atoms with Crippen LogP contribution >= 0.6 is 11.3 Å². The minimum absolute atomic E-state index is 0.0611. The molecule has 0 radical (unpaired) electrons. The molecule has 0 spiro atoms. The first-order valence-electron chi connectivity index (χ1n) is 9.03. The van der Waals surface area contributed by atoms with Crippen molar-refractivity contribution in [2.24, 2.45) is 0 Å². The Labute approximate surface area is 158 Å². The molecule has 1 amide bonds. The Morgan fingerprint density at radius 3 is 2.73 bits per heavy atom. The number of carbonyl (C=O) groups excluding carboxylic acids is 1. The van der Waals surface area contributed by atoms with Gasteiger partial charge in [0.05, 0.1) is 12.1 Å². The van der Waals surface area contributed by atoms with Gasteiger partial charge in [0.25, 0.3) is 0 Å². The van der Waals surface area contributed by atoms with Gasteiger partial charge in [-0.3, -0.25) is 9.20 Å². The van der Waals surface area contributed by atoms with E-state index in [9.17, 15) is 4.79 Å². The van der Waals surface area contributed by atoms with Crippen molar-refractivity contribution >= 4 is 22.2 Å². The lowest BCUT2D eigenvalue weighted by atomic mass is 10.1. The maximum atomic E-state index is 12.2. The van der Waals surface area contributed by atoms with Crippen molar-refractivity contribution in [3.8, 4) is 11.3 Å². The number of carbonyl (C=O) groups is 1. The molecule has 3 rings (SSSR count). The average Bonchev–Trinajstić information content (AvgIpc) is 3.21. The molecule has 0 aliphatic rings. The van der Waals surface area contributed by atoms with Gasteiger partial charge in [-0.2, -0.15) is 0 Å². The van der Waals surface area contributed by atoms with Gasteiger partial charge in [0.1, 0.15) is 0 Å². The van der Waals surface area contributed by atoms with Crippen molar-refractivity contribution in [1.82, 2.24) is 19.6 Å². The lowest BCUT2D eigenvalue weighted by molar-refractivity contribution is -0.120. The molecule has 1 aromatic carbocycles. The van der Waals surface area contributed by atoms with Gasteiger partial charge in [0, 0.05) is 29.4 Å². The number of thiazole rings is 1. The summed E-state index contributed by atoms with van der Waals surface area (Å²) < 4.78 is 2.03. The number of rotatable bonds is 8. The molecule has 1 N–H and O–H groups in total. The number of amides is 1. The largest absolute Gasteiger partial charge is 0.356 e. The summed E-state index contributed by atoms with van der Waals surface area (Å²) in [6.07, 6.45) is 4.40. The second-order valence-electron chi connectivity index (χ2n) is 6.74. The van der Waals surface area contributed by atoms with Crippen LogP contribution in [0.2, 0.25) is 0 Å². The molecular weight excluding hydrogens is 344 g/mol. The summed E-state index contributed by atoms with van der Waals surface area (Å²) >= 11 is 1.58. The third-order valence-electron chi connectivity index (χ3n) is 4.39. The topological polar surface area (TPSA) is 49.6 Å². The molecule has 6 heteroatoms. The number of benzene rings is 1. The molecule has 0 atom stereocenters. The minimum Gasteiger partial charge on any atom is -0.356 e. The van der Waals surface area contributed by atoms with Crippen molar-refractivity contribution in [3.05, 3.63) is 47.1 Å². The molecule has 2 heterocycles. The number of nitrogens with zero attached hydrogens (tertiary/aromatic N) is 3. The van der Waals surface area contributed by atoms with Crippen LogP contribution in [0.4, 0.5) is 0 Å². The van der Waals surface area contributed by atoms with E-state index in [1.165, 1.54) is 5.56 Å². The van der Waals surface area contributed by atoms with Crippen molar-refractivity contribution in [2.45, 2.75) is 26.2 Å². The normalized spacial score (nSPS) is 11.4. The SMILES string of the molecule is CCc1ccc(-c2cn3c(CC(=O)NCCCN(C)C)csc3n2)cc1. The molecule has 5 nitrogen and oxygen atoms in total. The summed E-state index contributed by atoms with van der Waals surface area (Å²) in [4.78, 5) is 19.9. The fourth-order valence-corrected chi connectivity index (χ4v) is 3.73. The summed E-state index contributed by atoms with van der Waals surface area (Å²) in [5.41, 5.74) is 4.37. The van der Waals surface area contributed by atoms with Crippen molar-refractivity contribution in [2.75, 3.05) is 27.2 Å². The fraction of sp³-hybridized carbons (Fsp3) is 0.400. The van der Waals surface area contributed by atoms with Crippen LogP contribution in [0.5, 0.6) is 0 Å². The van der Waals surface area contributed by atoms with Crippen molar-refractivity contribution < 1.29 is 4.79 Å². The highest BCUT2D eigenvalue weighted by molar-refractivity contribution is 7.15. The van der Waals surface area contributed by atoms with Crippen molar-refractivity contribution in [1.29, 1.82) is 0 Å². The van der Waals surface area contributed by atoms with E-state index in [4.69, 9.17) is 4.98 Å². The average molecular weight is 371 g/mol. The molecule has 3 aromatic rings. The van der Waals surface area contributed by atoms with Crippen LogP contribution < -0.4 is 5.32 Å². The molecule has 138 valence electrons. The first-order chi connectivity index (χ1) is 12.6. The van der Waals surface area contributed by atoms with Crippen LogP contribution in [0.25, 0.3) is 16.2 Å². The molecule has 26 heavy (non-hydrogen) atoms. The van der Waals surface area contributed by atoms with Gasteiger partial charge >= 0.3 is 0 Å². The Morgan fingerprint density at radius 1 is 1.27 bits per heavy atom. The molecule has 0 saturated carbocycles. The van der Waals surface area contributed by atoms with Gasteiger partial charge in [0.2, 0.25) is 5.91 Å². The van der Waals surface area contributed by atoms with Crippen LogP contribution in [0.1, 0.15) is 24.6 Å². The Kier molecular flexibility index (Phi) is 6.06. The first kappa shape index (κ1) is 18.6. The van der Waals surface area contributed by atoms with Gasteiger partial charge in [-0.15, -0.1) is 11.3 Å². The molecule has 0 unspecified atom stereocenters. The Balaban J connectivity index is 1.66. The predicted molar refractivity (Wildman–Crippen MR) is 108 cm³/mol. The van der Waals surface area contributed by atoms with E-state index in [0.29, 0.717) is 13.0 Å². The maximum absolute atomic E-state index is 12.2. The highest BCUT2D eigenvalue weighted by Crippen LogP contribution is 2.24. The van der Waals surface area contributed by atoms with Gasteiger partial charge < -0.3 is 10.2 Å². The smallest absolute Gasteiger partial charge is 0.225 e. The number of hydrogen-bond donors (Lipinski definition) is 1. The molecular formula is C20H26N4OS. The maximum Gasteiger partial charge on any atom is 0.225 e. The quantitative estimate of drug-likeness (QED) is 0.619. The summed E-state index contributed by atoms with van der Waals surface area (Å²) in [5.74, 6) is 0.0611. The molecule has 0 fully saturated rings. The number of nitrogens with one attached hydrogen (secondary N) is 1. The van der Waals surface area contributed by atoms with E-state index >= 15 is 0 Å². The van der Waals surface area contributed by atoms with E-state index in [1.54, 1.807) is 11.3 Å². The Hall–Kier alpha value is -2.18. The van der Waals surface area contributed by atoms with E-state index < -0.39 is 0 Å². The zero-order chi connectivity index (χ0) is 18.5. The van der Waals surface area contributed by atoms with Crippen LogP contribution in [-0.4, -0.2) is 47.4 Å². The summed E-state index contributed by atoms with van der Waals surface area (Å²) in [5, 5.41) is 5.02. The summed E-state index contributed by atoms with van der Waals surface area (Å²) in [6, 6.07) is 8.51. The fourth-order valence-electron chi connectivity index (χ4n) is 2.86. The minimum atomic E-state index is 0.0611. The van der Waals surface area contributed by atoms with Crippen LogP contribution in [-0.2, 0) is 17.6 Å².